The van der Waals surface area contributed by atoms with Gasteiger partial charge in [0, 0.05) is 12.0 Å². The number of carbonyl (C=O) groups is 1. The Balaban J connectivity index is 5.05. The maximum atomic E-state index is 10.9. The second kappa shape index (κ2) is 4.97. The lowest BCUT2D eigenvalue weighted by molar-refractivity contribution is -0.146. The van der Waals surface area contributed by atoms with Crippen LogP contribution < -0.4 is 0 Å². The Hall–Kier alpha value is -0.300. The summed E-state index contributed by atoms with van der Waals surface area (Å²) in [6, 6.07) is 0. The molecule has 0 aromatic heterocycles. The van der Waals surface area contributed by atoms with Gasteiger partial charge < -0.3 is 20.4 Å². The number of carboxylic acid groups (broad SMARTS) is 1. The smallest absolute Gasteiger partial charge is 0.319 e. The molecule has 0 bridgehead atoms. The van der Waals surface area contributed by atoms with Gasteiger partial charge in [-0.2, -0.15) is 12.6 Å². The fourth-order valence-corrected chi connectivity index (χ4v) is 1.45. The highest BCUT2D eigenvalue weighted by Crippen LogP contribution is 2.39. The van der Waals surface area contributed by atoms with Crippen LogP contribution in [0.25, 0.3) is 0 Å². The fraction of sp³-hybridized carbons (Fsp3) is 0.875. The summed E-state index contributed by atoms with van der Waals surface area (Å²) in [5.74, 6) is -1.24. The number of carboxylic acids is 1. The lowest BCUT2D eigenvalue weighted by Crippen LogP contribution is -2.53. The SMILES string of the molecule is CC(S)(C(=O)O)C(CO)(CO)CCO. The van der Waals surface area contributed by atoms with E-state index in [0.29, 0.717) is 0 Å². The van der Waals surface area contributed by atoms with Gasteiger partial charge in [-0.05, 0) is 13.3 Å². The molecular weight excluding hydrogens is 208 g/mol. The Morgan fingerprint density at radius 2 is 1.71 bits per heavy atom. The van der Waals surface area contributed by atoms with Crippen molar-refractivity contribution < 1.29 is 25.2 Å². The van der Waals surface area contributed by atoms with E-state index in [0.717, 1.165) is 0 Å². The first-order valence-electron chi connectivity index (χ1n) is 4.16. The molecule has 0 saturated heterocycles. The standard InChI is InChI=1S/C8H16O5S/c1-7(14,6(12)13)8(4-10,5-11)2-3-9/h9-11,14H,2-5H2,1H3,(H,12,13). The summed E-state index contributed by atoms with van der Waals surface area (Å²) in [5, 5.41) is 35.9. The average molecular weight is 224 g/mol. The van der Waals surface area contributed by atoms with Gasteiger partial charge in [0.2, 0.25) is 0 Å². The van der Waals surface area contributed by atoms with Crippen LogP contribution in [0.5, 0.6) is 0 Å². The summed E-state index contributed by atoms with van der Waals surface area (Å²) in [6.07, 6.45) is -0.0215. The van der Waals surface area contributed by atoms with Crippen molar-refractivity contribution in [1.29, 1.82) is 0 Å². The number of rotatable bonds is 6. The van der Waals surface area contributed by atoms with Crippen molar-refractivity contribution in [3.8, 4) is 0 Å². The topological polar surface area (TPSA) is 98.0 Å². The van der Waals surface area contributed by atoms with Crippen LogP contribution in [0.3, 0.4) is 0 Å². The molecule has 0 aromatic rings. The monoisotopic (exact) mass is 224 g/mol. The zero-order valence-corrected chi connectivity index (χ0v) is 8.87. The third kappa shape index (κ3) is 2.20. The van der Waals surface area contributed by atoms with Crippen molar-refractivity contribution >= 4 is 18.6 Å². The number of aliphatic hydroxyl groups excluding tert-OH is 3. The van der Waals surface area contributed by atoms with Gasteiger partial charge in [0.1, 0.15) is 4.75 Å². The van der Waals surface area contributed by atoms with Gasteiger partial charge in [0.25, 0.3) is 0 Å². The van der Waals surface area contributed by atoms with E-state index in [1.807, 2.05) is 0 Å². The molecule has 0 aliphatic rings. The van der Waals surface area contributed by atoms with Crippen LogP contribution >= 0.6 is 12.6 Å². The first-order chi connectivity index (χ1) is 6.38. The number of hydrogen-bond donors (Lipinski definition) is 5. The molecule has 0 rings (SSSR count). The van der Waals surface area contributed by atoms with E-state index < -0.39 is 29.3 Å². The summed E-state index contributed by atoms with van der Waals surface area (Å²) < 4.78 is -1.58. The zero-order chi connectivity index (χ0) is 11.4. The Morgan fingerprint density at radius 1 is 1.29 bits per heavy atom. The molecule has 0 heterocycles. The Kier molecular flexibility index (Phi) is 4.87. The molecule has 0 fully saturated rings. The van der Waals surface area contributed by atoms with Gasteiger partial charge in [-0.1, -0.05) is 0 Å². The predicted molar refractivity (Wildman–Crippen MR) is 53.3 cm³/mol. The molecule has 14 heavy (non-hydrogen) atoms. The first kappa shape index (κ1) is 13.7. The van der Waals surface area contributed by atoms with Crippen molar-refractivity contribution in [2.45, 2.75) is 18.1 Å². The minimum Gasteiger partial charge on any atom is -0.480 e. The largest absolute Gasteiger partial charge is 0.480 e. The van der Waals surface area contributed by atoms with E-state index in [1.54, 1.807) is 0 Å². The summed E-state index contributed by atoms with van der Waals surface area (Å²) in [7, 11) is 0. The van der Waals surface area contributed by atoms with Gasteiger partial charge in [0.15, 0.2) is 0 Å². The molecule has 0 amide bonds. The van der Waals surface area contributed by atoms with Gasteiger partial charge in [-0.3, -0.25) is 4.79 Å². The molecule has 0 saturated carbocycles. The lowest BCUT2D eigenvalue weighted by atomic mass is 9.74. The minimum atomic E-state index is -1.58. The number of aliphatic carboxylic acids is 1. The zero-order valence-electron chi connectivity index (χ0n) is 7.97. The molecule has 0 spiro atoms. The molecule has 1 atom stereocenters. The minimum absolute atomic E-state index is 0.0215. The highest BCUT2D eigenvalue weighted by molar-refractivity contribution is 7.82. The summed E-state index contributed by atoms with van der Waals surface area (Å²) >= 11 is 3.93. The molecular formula is C8H16O5S. The second-order valence-electron chi connectivity index (χ2n) is 3.45. The Labute approximate surface area is 87.8 Å². The van der Waals surface area contributed by atoms with Crippen molar-refractivity contribution in [2.24, 2.45) is 5.41 Å². The van der Waals surface area contributed by atoms with Gasteiger partial charge in [-0.15, -0.1) is 0 Å². The van der Waals surface area contributed by atoms with Crippen LogP contribution in [-0.2, 0) is 4.79 Å². The molecule has 4 N–H and O–H groups in total. The molecule has 0 aliphatic carbocycles. The molecule has 0 aromatic carbocycles. The van der Waals surface area contributed by atoms with E-state index in [9.17, 15) is 4.79 Å². The van der Waals surface area contributed by atoms with E-state index in [-0.39, 0.29) is 13.0 Å². The Morgan fingerprint density at radius 3 is 1.93 bits per heavy atom. The van der Waals surface area contributed by atoms with E-state index >= 15 is 0 Å². The van der Waals surface area contributed by atoms with Crippen LogP contribution in [0, 0.1) is 5.41 Å². The van der Waals surface area contributed by atoms with Crippen LogP contribution in [-0.4, -0.2) is 51.0 Å². The Bertz CT molecular complexity index is 200. The van der Waals surface area contributed by atoms with Crippen molar-refractivity contribution in [1.82, 2.24) is 0 Å². The van der Waals surface area contributed by atoms with Crippen LogP contribution in [0.15, 0.2) is 0 Å². The maximum absolute atomic E-state index is 10.9. The molecule has 1 unspecified atom stereocenters. The molecule has 0 aliphatic heterocycles. The van der Waals surface area contributed by atoms with Crippen LogP contribution in [0.1, 0.15) is 13.3 Å². The molecule has 0 radical (unpaired) electrons. The van der Waals surface area contributed by atoms with E-state index in [2.05, 4.69) is 12.6 Å². The first-order valence-corrected chi connectivity index (χ1v) is 4.61. The molecule has 5 nitrogen and oxygen atoms in total. The van der Waals surface area contributed by atoms with Gasteiger partial charge in [-0.25, -0.2) is 0 Å². The summed E-state index contributed by atoms with van der Waals surface area (Å²) in [5.41, 5.74) is -1.32. The maximum Gasteiger partial charge on any atom is 0.319 e. The van der Waals surface area contributed by atoms with E-state index in [1.165, 1.54) is 6.92 Å². The molecule has 6 heteroatoms. The summed E-state index contributed by atoms with van der Waals surface area (Å²) in [4.78, 5) is 10.9. The van der Waals surface area contributed by atoms with Crippen LogP contribution in [0.4, 0.5) is 0 Å². The van der Waals surface area contributed by atoms with Crippen LogP contribution in [0.2, 0.25) is 0 Å². The molecule has 84 valence electrons. The predicted octanol–water partition coefficient (Wildman–Crippen LogP) is -0.887. The van der Waals surface area contributed by atoms with Gasteiger partial charge >= 0.3 is 5.97 Å². The summed E-state index contributed by atoms with van der Waals surface area (Å²) in [6.45, 7) is -0.113. The third-order valence-electron chi connectivity index (χ3n) is 2.64. The van der Waals surface area contributed by atoms with E-state index in [4.69, 9.17) is 20.4 Å². The highest BCUT2D eigenvalue weighted by Gasteiger charge is 2.50. The van der Waals surface area contributed by atoms with Crippen molar-refractivity contribution in [2.75, 3.05) is 19.8 Å². The average Bonchev–Trinajstić information content (AvgIpc) is 2.13. The lowest BCUT2D eigenvalue weighted by Gasteiger charge is -2.40. The quantitative estimate of drug-likeness (QED) is 0.377. The van der Waals surface area contributed by atoms with Crippen molar-refractivity contribution in [3.05, 3.63) is 0 Å². The number of thiol groups is 1. The van der Waals surface area contributed by atoms with Crippen molar-refractivity contribution in [3.63, 3.8) is 0 Å². The third-order valence-corrected chi connectivity index (χ3v) is 3.31. The van der Waals surface area contributed by atoms with Gasteiger partial charge in [0.05, 0.1) is 13.2 Å². The second-order valence-corrected chi connectivity index (χ2v) is 4.34. The number of aliphatic hydroxyl groups is 3. The highest BCUT2D eigenvalue weighted by atomic mass is 32.1. The number of hydrogen-bond acceptors (Lipinski definition) is 5. The fourth-order valence-electron chi connectivity index (χ4n) is 1.20. The normalized spacial score (nSPS) is 16.4.